The van der Waals surface area contributed by atoms with Crippen molar-refractivity contribution in [3.8, 4) is 5.69 Å². The van der Waals surface area contributed by atoms with Gasteiger partial charge in [-0.25, -0.2) is 0 Å². The standard InChI is InChI=1S/C18H22ClN5OS/c19-14-7-9-15(10-8-14)24-18(20-21-22-24)26-12-17(25)23-11-3-5-13-4-1-2-6-16(13)23/h7-10,13,16H,1-6,11-12H2/t13-,16-/m1/s1. The van der Waals surface area contributed by atoms with Crippen LogP contribution in [0.5, 0.6) is 0 Å². The highest BCUT2D eigenvalue weighted by Crippen LogP contribution is 2.35. The molecule has 4 rings (SSSR count). The molecule has 0 bridgehead atoms. The minimum atomic E-state index is 0.206. The Labute approximate surface area is 162 Å². The summed E-state index contributed by atoms with van der Waals surface area (Å²) in [5.41, 5.74) is 0.833. The maximum Gasteiger partial charge on any atom is 0.233 e. The zero-order valence-corrected chi connectivity index (χ0v) is 16.1. The first kappa shape index (κ1) is 17.8. The number of carbonyl (C=O) groups excluding carboxylic acids is 1. The van der Waals surface area contributed by atoms with Crippen molar-refractivity contribution in [1.29, 1.82) is 0 Å². The van der Waals surface area contributed by atoms with Crippen molar-refractivity contribution in [2.24, 2.45) is 5.92 Å². The molecule has 6 nitrogen and oxygen atoms in total. The van der Waals surface area contributed by atoms with Crippen molar-refractivity contribution in [3.63, 3.8) is 0 Å². The summed E-state index contributed by atoms with van der Waals surface area (Å²) < 4.78 is 1.65. The second kappa shape index (κ2) is 7.96. The van der Waals surface area contributed by atoms with Crippen LogP contribution in [-0.4, -0.2) is 49.4 Å². The topological polar surface area (TPSA) is 63.9 Å². The van der Waals surface area contributed by atoms with E-state index in [0.717, 1.165) is 25.1 Å². The van der Waals surface area contributed by atoms with E-state index in [1.54, 1.807) is 16.8 Å². The van der Waals surface area contributed by atoms with E-state index in [9.17, 15) is 4.79 Å². The number of hydrogen-bond donors (Lipinski definition) is 0. The summed E-state index contributed by atoms with van der Waals surface area (Å²) in [6, 6.07) is 7.77. The summed E-state index contributed by atoms with van der Waals surface area (Å²) >= 11 is 7.34. The number of hydrogen-bond acceptors (Lipinski definition) is 5. The van der Waals surface area contributed by atoms with E-state index in [1.807, 2.05) is 12.1 Å². The first-order chi connectivity index (χ1) is 12.7. The summed E-state index contributed by atoms with van der Waals surface area (Å²) in [6.45, 7) is 0.892. The van der Waals surface area contributed by atoms with Gasteiger partial charge in [0.15, 0.2) is 0 Å². The molecule has 1 saturated heterocycles. The molecule has 1 amide bonds. The molecule has 2 atom stereocenters. The first-order valence-corrected chi connectivity index (χ1v) is 10.6. The number of tetrazole rings is 1. The maximum absolute atomic E-state index is 12.9. The number of likely N-dealkylation sites (tertiary alicyclic amines) is 1. The zero-order chi connectivity index (χ0) is 17.9. The van der Waals surface area contributed by atoms with Crippen LogP contribution in [0.4, 0.5) is 0 Å². The van der Waals surface area contributed by atoms with Crippen LogP contribution in [0.15, 0.2) is 29.4 Å². The number of carbonyl (C=O) groups is 1. The maximum atomic E-state index is 12.9. The summed E-state index contributed by atoms with van der Waals surface area (Å²) in [6.07, 6.45) is 7.39. The van der Waals surface area contributed by atoms with Crippen molar-refractivity contribution in [2.45, 2.75) is 49.7 Å². The highest BCUT2D eigenvalue weighted by molar-refractivity contribution is 7.99. The highest BCUT2D eigenvalue weighted by atomic mass is 35.5. The third-order valence-corrected chi connectivity index (χ3v) is 6.56. The van der Waals surface area contributed by atoms with Gasteiger partial charge in [0.1, 0.15) is 0 Å². The van der Waals surface area contributed by atoms with Gasteiger partial charge in [-0.3, -0.25) is 4.79 Å². The van der Waals surface area contributed by atoms with E-state index in [-0.39, 0.29) is 5.91 Å². The molecule has 0 radical (unpaired) electrons. The lowest BCUT2D eigenvalue weighted by Gasteiger charge is -2.44. The number of nitrogens with zero attached hydrogens (tertiary/aromatic N) is 5. The van der Waals surface area contributed by atoms with Gasteiger partial charge in [0, 0.05) is 17.6 Å². The predicted molar refractivity (Wildman–Crippen MR) is 102 cm³/mol. The molecule has 0 spiro atoms. The lowest BCUT2D eigenvalue weighted by Crippen LogP contribution is -2.50. The van der Waals surface area contributed by atoms with Crippen molar-refractivity contribution in [2.75, 3.05) is 12.3 Å². The van der Waals surface area contributed by atoms with Gasteiger partial charge in [-0.15, -0.1) is 5.10 Å². The van der Waals surface area contributed by atoms with E-state index >= 15 is 0 Å². The van der Waals surface area contributed by atoms with Gasteiger partial charge in [0.05, 0.1) is 11.4 Å². The van der Waals surface area contributed by atoms with Crippen LogP contribution in [0.3, 0.4) is 0 Å². The van der Waals surface area contributed by atoms with Crippen LogP contribution in [-0.2, 0) is 4.79 Å². The first-order valence-electron chi connectivity index (χ1n) is 9.19. The van der Waals surface area contributed by atoms with E-state index in [0.29, 0.717) is 27.9 Å². The van der Waals surface area contributed by atoms with Crippen LogP contribution in [0.1, 0.15) is 38.5 Å². The molecular formula is C18H22ClN5OS. The molecular weight excluding hydrogens is 370 g/mol. The third-order valence-electron chi connectivity index (χ3n) is 5.40. The lowest BCUT2D eigenvalue weighted by molar-refractivity contribution is -0.134. The minimum Gasteiger partial charge on any atom is -0.339 e. The van der Waals surface area contributed by atoms with Gasteiger partial charge in [0.25, 0.3) is 0 Å². The molecule has 8 heteroatoms. The normalized spacial score (nSPS) is 22.9. The Morgan fingerprint density at radius 1 is 1.15 bits per heavy atom. The van der Waals surface area contributed by atoms with Crippen LogP contribution in [0.25, 0.3) is 5.69 Å². The zero-order valence-electron chi connectivity index (χ0n) is 14.6. The van der Waals surface area contributed by atoms with Gasteiger partial charge < -0.3 is 4.90 Å². The Morgan fingerprint density at radius 2 is 1.92 bits per heavy atom. The van der Waals surface area contributed by atoms with Gasteiger partial charge in [-0.05, 0) is 66.3 Å². The Hall–Kier alpha value is -1.60. The average molecular weight is 392 g/mol. The Balaban J connectivity index is 1.42. The van der Waals surface area contributed by atoms with E-state index in [2.05, 4.69) is 20.4 Å². The molecule has 1 saturated carbocycles. The van der Waals surface area contributed by atoms with E-state index < -0.39 is 0 Å². The Morgan fingerprint density at radius 3 is 2.77 bits per heavy atom. The summed E-state index contributed by atoms with van der Waals surface area (Å²) in [5, 5.41) is 13.2. The van der Waals surface area contributed by atoms with Gasteiger partial charge in [0.2, 0.25) is 11.1 Å². The molecule has 0 N–H and O–H groups in total. The Kier molecular flexibility index (Phi) is 5.45. The number of thioether (sulfide) groups is 1. The third kappa shape index (κ3) is 3.74. The van der Waals surface area contributed by atoms with Crippen molar-refractivity contribution in [3.05, 3.63) is 29.3 Å². The van der Waals surface area contributed by atoms with Crippen LogP contribution in [0, 0.1) is 5.92 Å². The van der Waals surface area contributed by atoms with Gasteiger partial charge in [-0.2, -0.15) is 4.68 Å². The average Bonchev–Trinajstić information content (AvgIpc) is 3.15. The SMILES string of the molecule is O=C(CSc1nnnn1-c1ccc(Cl)cc1)N1CCC[C@H]2CCCC[C@H]21. The van der Waals surface area contributed by atoms with Gasteiger partial charge in [-0.1, -0.05) is 36.2 Å². The summed E-state index contributed by atoms with van der Waals surface area (Å²) in [5.74, 6) is 1.28. The molecule has 2 aromatic rings. The molecule has 1 aliphatic carbocycles. The smallest absolute Gasteiger partial charge is 0.233 e. The van der Waals surface area contributed by atoms with Crippen LogP contribution in [0.2, 0.25) is 5.02 Å². The van der Waals surface area contributed by atoms with Crippen molar-refractivity contribution >= 4 is 29.3 Å². The fraction of sp³-hybridized carbons (Fsp3) is 0.556. The quantitative estimate of drug-likeness (QED) is 0.745. The van der Waals surface area contributed by atoms with E-state index in [1.165, 1.54) is 37.4 Å². The number of benzene rings is 1. The van der Waals surface area contributed by atoms with Crippen LogP contribution >= 0.6 is 23.4 Å². The number of piperidine rings is 1. The fourth-order valence-corrected chi connectivity index (χ4v) is 5.06. The largest absolute Gasteiger partial charge is 0.339 e. The summed E-state index contributed by atoms with van der Waals surface area (Å²) in [7, 11) is 0. The van der Waals surface area contributed by atoms with Crippen molar-refractivity contribution < 1.29 is 4.79 Å². The number of fused-ring (bicyclic) bond motifs is 1. The lowest BCUT2D eigenvalue weighted by atomic mass is 9.78. The molecule has 138 valence electrons. The monoisotopic (exact) mass is 391 g/mol. The number of aromatic nitrogens is 4. The summed E-state index contributed by atoms with van der Waals surface area (Å²) in [4.78, 5) is 15.0. The number of halogens is 1. The minimum absolute atomic E-state index is 0.206. The van der Waals surface area contributed by atoms with Crippen LogP contribution < -0.4 is 0 Å². The molecule has 2 heterocycles. The molecule has 2 aliphatic rings. The number of rotatable bonds is 4. The molecule has 0 unspecified atom stereocenters. The number of amides is 1. The molecule has 26 heavy (non-hydrogen) atoms. The van der Waals surface area contributed by atoms with E-state index in [4.69, 9.17) is 11.6 Å². The second-order valence-corrected chi connectivity index (χ2v) is 8.36. The highest BCUT2D eigenvalue weighted by Gasteiger charge is 2.35. The Bertz CT molecular complexity index is 763. The predicted octanol–water partition coefficient (Wildman–Crippen LogP) is 3.59. The molecule has 1 aromatic carbocycles. The second-order valence-electron chi connectivity index (χ2n) is 6.98. The molecule has 2 fully saturated rings. The fourth-order valence-electron chi connectivity index (χ4n) is 4.16. The molecule has 1 aromatic heterocycles. The van der Waals surface area contributed by atoms with Crippen molar-refractivity contribution in [1.82, 2.24) is 25.1 Å². The molecule has 1 aliphatic heterocycles. The van der Waals surface area contributed by atoms with Gasteiger partial charge >= 0.3 is 0 Å².